The molecule has 0 saturated heterocycles. The van der Waals surface area contributed by atoms with Crippen LogP contribution < -0.4 is 0 Å². The number of aromatic hydroxyl groups is 1. The van der Waals surface area contributed by atoms with Gasteiger partial charge in [0.05, 0.1) is 11.6 Å². The fourth-order valence-corrected chi connectivity index (χ4v) is 2.11. The number of phenolic OH excluding ortho intramolecular Hbond substituents is 1. The third-order valence-corrected chi connectivity index (χ3v) is 3.31. The standard InChI is InChI=1S/C15H9BrClNO/c16-13-3-6-15(19)11(8-13)7-12(9-18)10-1-4-14(17)5-2-10/h1-8,19H/b12-7-. The van der Waals surface area contributed by atoms with Crippen molar-refractivity contribution in [3.63, 3.8) is 0 Å². The minimum atomic E-state index is 0.130. The number of rotatable bonds is 2. The number of allylic oxidation sites excluding steroid dienone is 1. The lowest BCUT2D eigenvalue weighted by atomic mass is 10.0. The lowest BCUT2D eigenvalue weighted by molar-refractivity contribution is 0.474. The Kier molecular flexibility index (Phi) is 4.26. The summed E-state index contributed by atoms with van der Waals surface area (Å²) in [5.74, 6) is 0.130. The number of hydrogen-bond acceptors (Lipinski definition) is 2. The van der Waals surface area contributed by atoms with Crippen molar-refractivity contribution in [3.05, 3.63) is 63.1 Å². The second-order valence-electron chi connectivity index (χ2n) is 3.88. The Morgan fingerprint density at radius 3 is 2.53 bits per heavy atom. The maximum Gasteiger partial charge on any atom is 0.122 e. The predicted molar refractivity (Wildman–Crippen MR) is 80.7 cm³/mol. The van der Waals surface area contributed by atoms with Gasteiger partial charge in [-0.3, -0.25) is 0 Å². The molecule has 0 heterocycles. The molecule has 0 atom stereocenters. The fraction of sp³-hybridized carbons (Fsp3) is 0. The molecule has 1 N–H and O–H groups in total. The average molecular weight is 335 g/mol. The number of phenols is 1. The van der Waals surface area contributed by atoms with E-state index in [2.05, 4.69) is 22.0 Å². The van der Waals surface area contributed by atoms with Gasteiger partial charge in [-0.2, -0.15) is 5.26 Å². The predicted octanol–water partition coefficient (Wildman–Crippen LogP) is 4.87. The van der Waals surface area contributed by atoms with E-state index < -0.39 is 0 Å². The Hall–Kier alpha value is -1.76. The van der Waals surface area contributed by atoms with E-state index in [9.17, 15) is 10.4 Å². The zero-order valence-electron chi connectivity index (χ0n) is 9.77. The molecule has 2 aromatic rings. The van der Waals surface area contributed by atoms with Crippen molar-refractivity contribution in [1.29, 1.82) is 5.26 Å². The number of nitriles is 1. The largest absolute Gasteiger partial charge is 0.507 e. The molecule has 0 aliphatic carbocycles. The van der Waals surface area contributed by atoms with Crippen molar-refractivity contribution in [2.75, 3.05) is 0 Å². The summed E-state index contributed by atoms with van der Waals surface area (Å²) < 4.78 is 0.838. The summed E-state index contributed by atoms with van der Waals surface area (Å²) in [6, 6.07) is 14.2. The Labute approximate surface area is 124 Å². The highest BCUT2D eigenvalue weighted by Crippen LogP contribution is 2.27. The molecule has 2 rings (SSSR count). The molecule has 0 radical (unpaired) electrons. The first-order valence-corrected chi connectivity index (χ1v) is 6.63. The Bertz CT molecular complexity index is 672. The molecule has 0 aliphatic heterocycles. The number of halogens is 2. The first-order chi connectivity index (χ1) is 9.10. The molecular formula is C15H9BrClNO. The molecule has 0 spiro atoms. The van der Waals surface area contributed by atoms with Gasteiger partial charge in [0, 0.05) is 15.1 Å². The van der Waals surface area contributed by atoms with Gasteiger partial charge in [0.1, 0.15) is 5.75 Å². The lowest BCUT2D eigenvalue weighted by Crippen LogP contribution is -1.83. The molecule has 0 unspecified atom stereocenters. The number of hydrogen-bond donors (Lipinski definition) is 1. The summed E-state index contributed by atoms with van der Waals surface area (Å²) in [6.07, 6.45) is 1.64. The van der Waals surface area contributed by atoms with Crippen molar-refractivity contribution in [1.82, 2.24) is 0 Å². The zero-order chi connectivity index (χ0) is 13.8. The van der Waals surface area contributed by atoms with Crippen LogP contribution in [-0.4, -0.2) is 5.11 Å². The molecule has 2 aromatic carbocycles. The zero-order valence-corrected chi connectivity index (χ0v) is 12.1. The molecule has 0 fully saturated rings. The molecule has 0 amide bonds. The third kappa shape index (κ3) is 3.37. The van der Waals surface area contributed by atoms with Crippen LogP contribution in [0, 0.1) is 11.3 Å². The number of benzene rings is 2. The van der Waals surface area contributed by atoms with Crippen LogP contribution in [0.3, 0.4) is 0 Å². The van der Waals surface area contributed by atoms with Crippen LogP contribution in [-0.2, 0) is 0 Å². The van der Waals surface area contributed by atoms with Gasteiger partial charge in [-0.15, -0.1) is 0 Å². The smallest absolute Gasteiger partial charge is 0.122 e. The highest BCUT2D eigenvalue weighted by molar-refractivity contribution is 9.10. The summed E-state index contributed by atoms with van der Waals surface area (Å²) in [6.45, 7) is 0. The summed E-state index contributed by atoms with van der Waals surface area (Å²) in [7, 11) is 0. The Morgan fingerprint density at radius 1 is 1.21 bits per heavy atom. The summed E-state index contributed by atoms with van der Waals surface area (Å²) in [5.41, 5.74) is 1.80. The van der Waals surface area contributed by atoms with Crippen LogP contribution in [0.5, 0.6) is 5.75 Å². The van der Waals surface area contributed by atoms with E-state index in [0.717, 1.165) is 10.0 Å². The van der Waals surface area contributed by atoms with Crippen LogP contribution in [0.25, 0.3) is 11.6 Å². The van der Waals surface area contributed by atoms with Crippen molar-refractivity contribution in [3.8, 4) is 11.8 Å². The van der Waals surface area contributed by atoms with Crippen LogP contribution in [0.15, 0.2) is 46.9 Å². The van der Waals surface area contributed by atoms with Crippen molar-refractivity contribution < 1.29 is 5.11 Å². The Morgan fingerprint density at radius 2 is 1.89 bits per heavy atom. The monoisotopic (exact) mass is 333 g/mol. The van der Waals surface area contributed by atoms with Crippen molar-refractivity contribution >= 4 is 39.2 Å². The van der Waals surface area contributed by atoms with Crippen LogP contribution >= 0.6 is 27.5 Å². The van der Waals surface area contributed by atoms with Gasteiger partial charge in [-0.25, -0.2) is 0 Å². The second kappa shape index (κ2) is 5.92. The van der Waals surface area contributed by atoms with Crippen molar-refractivity contribution in [2.45, 2.75) is 0 Å². The molecule has 0 bridgehead atoms. The quantitative estimate of drug-likeness (QED) is 0.629. The second-order valence-corrected chi connectivity index (χ2v) is 5.23. The normalized spacial score (nSPS) is 11.1. The molecule has 94 valence electrons. The van der Waals surface area contributed by atoms with Gasteiger partial charge < -0.3 is 5.11 Å². The maximum absolute atomic E-state index is 9.77. The first kappa shape index (κ1) is 13.7. The fourth-order valence-electron chi connectivity index (χ4n) is 1.61. The van der Waals surface area contributed by atoms with E-state index in [1.165, 1.54) is 0 Å². The van der Waals surface area contributed by atoms with Gasteiger partial charge in [-0.05, 0) is 42.0 Å². The summed E-state index contributed by atoms with van der Waals surface area (Å²) >= 11 is 9.15. The molecule has 0 aromatic heterocycles. The van der Waals surface area contributed by atoms with Gasteiger partial charge in [-0.1, -0.05) is 39.7 Å². The summed E-state index contributed by atoms with van der Waals surface area (Å²) in [4.78, 5) is 0. The number of nitrogens with zero attached hydrogens (tertiary/aromatic N) is 1. The first-order valence-electron chi connectivity index (χ1n) is 5.46. The van der Waals surface area contributed by atoms with Crippen LogP contribution in [0.1, 0.15) is 11.1 Å². The average Bonchev–Trinajstić information content (AvgIpc) is 2.41. The molecule has 4 heteroatoms. The molecule has 2 nitrogen and oxygen atoms in total. The van der Waals surface area contributed by atoms with E-state index in [4.69, 9.17) is 11.6 Å². The van der Waals surface area contributed by atoms with E-state index in [1.54, 1.807) is 48.5 Å². The van der Waals surface area contributed by atoms with Crippen LogP contribution in [0.4, 0.5) is 0 Å². The highest BCUT2D eigenvalue weighted by atomic mass is 79.9. The van der Waals surface area contributed by atoms with Gasteiger partial charge >= 0.3 is 0 Å². The molecule has 0 aliphatic rings. The van der Waals surface area contributed by atoms with Crippen LogP contribution in [0.2, 0.25) is 5.02 Å². The van der Waals surface area contributed by atoms with E-state index in [-0.39, 0.29) is 5.75 Å². The van der Waals surface area contributed by atoms with E-state index >= 15 is 0 Å². The topological polar surface area (TPSA) is 44.0 Å². The lowest BCUT2D eigenvalue weighted by Gasteiger charge is -2.03. The molecule has 19 heavy (non-hydrogen) atoms. The van der Waals surface area contributed by atoms with E-state index in [1.807, 2.05) is 0 Å². The minimum Gasteiger partial charge on any atom is -0.507 e. The highest BCUT2D eigenvalue weighted by Gasteiger charge is 2.04. The van der Waals surface area contributed by atoms with Crippen molar-refractivity contribution in [2.24, 2.45) is 0 Å². The Balaban J connectivity index is 2.47. The summed E-state index contributed by atoms with van der Waals surface area (Å²) in [5, 5.41) is 19.6. The molecular weight excluding hydrogens is 326 g/mol. The third-order valence-electron chi connectivity index (χ3n) is 2.57. The minimum absolute atomic E-state index is 0.130. The van der Waals surface area contributed by atoms with Gasteiger partial charge in [0.25, 0.3) is 0 Å². The SMILES string of the molecule is N#C/C(=C/c1cc(Br)ccc1O)c1ccc(Cl)cc1. The van der Waals surface area contributed by atoms with Gasteiger partial charge in [0.15, 0.2) is 0 Å². The molecule has 0 saturated carbocycles. The maximum atomic E-state index is 9.77. The van der Waals surface area contributed by atoms with E-state index in [0.29, 0.717) is 16.2 Å². The van der Waals surface area contributed by atoms with Gasteiger partial charge in [0.2, 0.25) is 0 Å².